The van der Waals surface area contributed by atoms with E-state index in [1.165, 1.54) is 5.56 Å². The molecular weight excluding hydrogens is 312 g/mol. The summed E-state index contributed by atoms with van der Waals surface area (Å²) in [6, 6.07) is 8.21. The quantitative estimate of drug-likeness (QED) is 0.836. The van der Waals surface area contributed by atoms with Crippen molar-refractivity contribution in [3.63, 3.8) is 0 Å². The number of rotatable bonds is 6. The SMILES string of the molecule is COc1ccc(C(C)(C)CNC(=O)C[C@@H]2CCC[C@H]2N)cc1.Cl. The molecule has 1 aliphatic carbocycles. The molecular formula is C18H29ClN2O2. The number of benzene rings is 1. The number of ether oxygens (including phenoxy) is 1. The van der Waals surface area contributed by atoms with Gasteiger partial charge < -0.3 is 15.8 Å². The fourth-order valence-electron chi connectivity index (χ4n) is 3.09. The maximum atomic E-state index is 12.1. The summed E-state index contributed by atoms with van der Waals surface area (Å²) in [6.07, 6.45) is 3.84. The van der Waals surface area contributed by atoms with Gasteiger partial charge in [-0.25, -0.2) is 0 Å². The number of hydrogen-bond acceptors (Lipinski definition) is 3. The molecule has 0 unspecified atom stereocenters. The van der Waals surface area contributed by atoms with Crippen molar-refractivity contribution < 1.29 is 9.53 Å². The summed E-state index contributed by atoms with van der Waals surface area (Å²) in [5.74, 6) is 1.31. The summed E-state index contributed by atoms with van der Waals surface area (Å²) in [5, 5.41) is 3.07. The van der Waals surface area contributed by atoms with E-state index in [-0.39, 0.29) is 29.8 Å². The predicted molar refractivity (Wildman–Crippen MR) is 96.2 cm³/mol. The number of carbonyl (C=O) groups excluding carboxylic acids is 1. The third-order valence-corrected chi connectivity index (χ3v) is 4.76. The molecule has 1 aliphatic rings. The van der Waals surface area contributed by atoms with Crippen molar-refractivity contribution >= 4 is 18.3 Å². The van der Waals surface area contributed by atoms with Crippen LogP contribution in [-0.4, -0.2) is 25.6 Å². The van der Waals surface area contributed by atoms with Crippen LogP contribution in [0.15, 0.2) is 24.3 Å². The molecule has 1 saturated carbocycles. The van der Waals surface area contributed by atoms with Gasteiger partial charge in [0.15, 0.2) is 0 Å². The number of methoxy groups -OCH3 is 1. The molecule has 0 aliphatic heterocycles. The Kier molecular flexibility index (Phi) is 7.36. The number of nitrogens with two attached hydrogens (primary N) is 1. The van der Waals surface area contributed by atoms with E-state index in [1.807, 2.05) is 12.1 Å². The Balaban J connectivity index is 0.00000264. The summed E-state index contributed by atoms with van der Waals surface area (Å²) >= 11 is 0. The van der Waals surface area contributed by atoms with E-state index in [1.54, 1.807) is 7.11 Å². The predicted octanol–water partition coefficient (Wildman–Crippen LogP) is 3.03. The first-order valence-corrected chi connectivity index (χ1v) is 8.09. The van der Waals surface area contributed by atoms with Crippen LogP contribution in [0.2, 0.25) is 0 Å². The van der Waals surface area contributed by atoms with Gasteiger partial charge in [0.2, 0.25) is 5.91 Å². The van der Waals surface area contributed by atoms with Gasteiger partial charge in [-0.05, 0) is 36.5 Å². The Hall–Kier alpha value is -1.26. The van der Waals surface area contributed by atoms with Crippen molar-refractivity contribution in [2.45, 2.75) is 51.0 Å². The summed E-state index contributed by atoms with van der Waals surface area (Å²) in [5.41, 5.74) is 7.11. The van der Waals surface area contributed by atoms with Crippen molar-refractivity contribution in [3.05, 3.63) is 29.8 Å². The van der Waals surface area contributed by atoms with E-state index in [4.69, 9.17) is 10.5 Å². The van der Waals surface area contributed by atoms with Crippen LogP contribution in [-0.2, 0) is 10.2 Å². The second-order valence-electron chi connectivity index (χ2n) is 6.95. The molecule has 1 aromatic rings. The summed E-state index contributed by atoms with van der Waals surface area (Å²) in [6.45, 7) is 4.90. The zero-order valence-corrected chi connectivity index (χ0v) is 15.1. The number of amides is 1. The molecule has 4 nitrogen and oxygen atoms in total. The highest BCUT2D eigenvalue weighted by Gasteiger charge is 2.27. The Labute approximate surface area is 145 Å². The summed E-state index contributed by atoms with van der Waals surface area (Å²) in [4.78, 5) is 12.1. The minimum absolute atomic E-state index is 0. The lowest BCUT2D eigenvalue weighted by Crippen LogP contribution is -2.38. The molecule has 0 radical (unpaired) electrons. The van der Waals surface area contributed by atoms with Gasteiger partial charge in [-0.1, -0.05) is 32.4 Å². The Morgan fingerprint density at radius 1 is 1.30 bits per heavy atom. The van der Waals surface area contributed by atoms with Gasteiger partial charge in [-0.2, -0.15) is 0 Å². The number of halogens is 1. The van der Waals surface area contributed by atoms with Gasteiger partial charge in [0, 0.05) is 24.4 Å². The third kappa shape index (κ3) is 5.40. The molecule has 2 rings (SSSR count). The van der Waals surface area contributed by atoms with Gasteiger partial charge in [-0.15, -0.1) is 12.4 Å². The van der Waals surface area contributed by atoms with Crippen LogP contribution in [0.25, 0.3) is 0 Å². The first kappa shape index (κ1) is 19.8. The Morgan fingerprint density at radius 3 is 2.48 bits per heavy atom. The normalized spacial score (nSPS) is 20.7. The minimum Gasteiger partial charge on any atom is -0.497 e. The lowest BCUT2D eigenvalue weighted by molar-refractivity contribution is -0.122. The lowest BCUT2D eigenvalue weighted by Gasteiger charge is -2.26. The summed E-state index contributed by atoms with van der Waals surface area (Å²) < 4.78 is 5.18. The first-order chi connectivity index (χ1) is 10.4. The largest absolute Gasteiger partial charge is 0.497 e. The van der Waals surface area contributed by atoms with E-state index >= 15 is 0 Å². The van der Waals surface area contributed by atoms with Gasteiger partial charge in [0.05, 0.1) is 7.11 Å². The van der Waals surface area contributed by atoms with Crippen molar-refractivity contribution in [1.29, 1.82) is 0 Å². The number of nitrogens with one attached hydrogen (secondary N) is 1. The average molecular weight is 341 g/mol. The third-order valence-electron chi connectivity index (χ3n) is 4.76. The molecule has 1 amide bonds. The van der Waals surface area contributed by atoms with Crippen LogP contribution in [0.4, 0.5) is 0 Å². The van der Waals surface area contributed by atoms with Crippen molar-refractivity contribution in [2.75, 3.05) is 13.7 Å². The zero-order chi connectivity index (χ0) is 16.2. The molecule has 0 saturated heterocycles. The van der Waals surface area contributed by atoms with Crippen LogP contribution in [0.5, 0.6) is 5.75 Å². The molecule has 3 N–H and O–H groups in total. The van der Waals surface area contributed by atoms with Gasteiger partial charge in [0.1, 0.15) is 5.75 Å². The number of carbonyl (C=O) groups is 1. The maximum Gasteiger partial charge on any atom is 0.220 e. The molecule has 1 fully saturated rings. The minimum atomic E-state index is -0.111. The van der Waals surface area contributed by atoms with Crippen LogP contribution in [0.3, 0.4) is 0 Å². The van der Waals surface area contributed by atoms with Crippen molar-refractivity contribution in [2.24, 2.45) is 11.7 Å². The lowest BCUT2D eigenvalue weighted by atomic mass is 9.84. The molecule has 0 spiro atoms. The topological polar surface area (TPSA) is 64.3 Å². The average Bonchev–Trinajstić information content (AvgIpc) is 2.90. The molecule has 5 heteroatoms. The van der Waals surface area contributed by atoms with E-state index in [0.29, 0.717) is 18.9 Å². The standard InChI is InChI=1S/C18H28N2O2.ClH/c1-18(2,14-7-9-15(22-3)10-8-14)12-20-17(21)11-13-5-4-6-16(13)19;/h7-10,13,16H,4-6,11-12,19H2,1-3H3,(H,20,21);1H/t13-,16+;/m0./s1. The second-order valence-corrected chi connectivity index (χ2v) is 6.95. The van der Waals surface area contributed by atoms with E-state index in [0.717, 1.165) is 25.0 Å². The highest BCUT2D eigenvalue weighted by molar-refractivity contribution is 5.85. The first-order valence-electron chi connectivity index (χ1n) is 8.09. The summed E-state index contributed by atoms with van der Waals surface area (Å²) in [7, 11) is 1.66. The zero-order valence-electron chi connectivity index (χ0n) is 14.3. The monoisotopic (exact) mass is 340 g/mol. The van der Waals surface area contributed by atoms with Crippen LogP contribution in [0.1, 0.15) is 45.1 Å². The smallest absolute Gasteiger partial charge is 0.220 e. The molecule has 0 bridgehead atoms. The van der Waals surface area contributed by atoms with Crippen LogP contribution < -0.4 is 15.8 Å². The van der Waals surface area contributed by atoms with E-state index < -0.39 is 0 Å². The Morgan fingerprint density at radius 2 is 1.96 bits per heavy atom. The van der Waals surface area contributed by atoms with Gasteiger partial charge in [-0.3, -0.25) is 4.79 Å². The highest BCUT2D eigenvalue weighted by Crippen LogP contribution is 2.27. The molecule has 23 heavy (non-hydrogen) atoms. The highest BCUT2D eigenvalue weighted by atomic mass is 35.5. The van der Waals surface area contributed by atoms with Crippen molar-refractivity contribution in [1.82, 2.24) is 5.32 Å². The molecule has 130 valence electrons. The molecule has 1 aromatic carbocycles. The van der Waals surface area contributed by atoms with Crippen LogP contribution >= 0.6 is 12.4 Å². The molecule has 0 aromatic heterocycles. The van der Waals surface area contributed by atoms with Crippen LogP contribution in [0, 0.1) is 5.92 Å². The fourth-order valence-corrected chi connectivity index (χ4v) is 3.09. The van der Waals surface area contributed by atoms with Crippen molar-refractivity contribution in [3.8, 4) is 5.75 Å². The fraction of sp³-hybridized carbons (Fsp3) is 0.611. The molecule has 0 heterocycles. The Bertz CT molecular complexity index is 502. The second kappa shape index (κ2) is 8.55. The molecule has 2 atom stereocenters. The van der Waals surface area contributed by atoms with E-state index in [2.05, 4.69) is 31.3 Å². The number of hydrogen-bond donors (Lipinski definition) is 2. The maximum absolute atomic E-state index is 12.1. The van der Waals surface area contributed by atoms with E-state index in [9.17, 15) is 4.79 Å². The van der Waals surface area contributed by atoms with Gasteiger partial charge in [0.25, 0.3) is 0 Å². The van der Waals surface area contributed by atoms with Gasteiger partial charge >= 0.3 is 0 Å².